The minimum absolute atomic E-state index is 0.722. The molecule has 0 unspecified atom stereocenters. The third-order valence-corrected chi connectivity index (χ3v) is 4.24. The number of rotatable bonds is 5. The molecule has 106 valence electrons. The van der Waals surface area contributed by atoms with Gasteiger partial charge in [-0.15, -0.1) is 0 Å². The summed E-state index contributed by atoms with van der Waals surface area (Å²) in [6, 6.07) is 7.64. The summed E-state index contributed by atoms with van der Waals surface area (Å²) in [4.78, 5) is 9.34. The third-order valence-electron chi connectivity index (χ3n) is 2.85. The minimum atomic E-state index is 0.722. The highest BCUT2D eigenvalue weighted by molar-refractivity contribution is 14.1. The lowest BCUT2D eigenvalue weighted by Gasteiger charge is -2.12. The molecule has 0 spiro atoms. The molecule has 0 aliphatic carbocycles. The van der Waals surface area contributed by atoms with Crippen LogP contribution in [-0.2, 0) is 6.42 Å². The molecule has 0 atom stereocenters. The van der Waals surface area contributed by atoms with Crippen molar-refractivity contribution in [3.63, 3.8) is 0 Å². The van der Waals surface area contributed by atoms with Crippen molar-refractivity contribution >= 4 is 40.0 Å². The molecule has 1 aromatic heterocycles. The highest BCUT2D eigenvalue weighted by atomic mass is 127. The lowest BCUT2D eigenvalue weighted by Crippen LogP contribution is -2.08. The smallest absolute Gasteiger partial charge is 0.161 e. The fourth-order valence-corrected chi connectivity index (χ4v) is 2.74. The van der Waals surface area contributed by atoms with E-state index in [-0.39, 0.29) is 0 Å². The molecule has 0 fully saturated rings. The number of halogens is 2. The fourth-order valence-electron chi connectivity index (χ4n) is 1.91. The molecule has 0 saturated heterocycles. The summed E-state index contributed by atoms with van der Waals surface area (Å²) in [5.41, 5.74) is 2.09. The van der Waals surface area contributed by atoms with Gasteiger partial charge in [0.2, 0.25) is 0 Å². The van der Waals surface area contributed by atoms with E-state index in [1.165, 1.54) is 0 Å². The van der Waals surface area contributed by atoms with Crippen LogP contribution in [0.2, 0.25) is 5.02 Å². The summed E-state index contributed by atoms with van der Waals surface area (Å²) >= 11 is 8.25. The Morgan fingerprint density at radius 2 is 1.85 bits per heavy atom. The van der Waals surface area contributed by atoms with Gasteiger partial charge < -0.3 is 5.32 Å². The van der Waals surface area contributed by atoms with Crippen molar-refractivity contribution in [3.8, 4) is 11.4 Å². The lowest BCUT2D eigenvalue weighted by molar-refractivity contribution is 0.867. The number of aromatic nitrogens is 2. The molecule has 0 amide bonds. The third kappa shape index (κ3) is 3.61. The topological polar surface area (TPSA) is 37.8 Å². The average molecular weight is 402 g/mol. The Balaban J connectivity index is 2.49. The van der Waals surface area contributed by atoms with E-state index in [4.69, 9.17) is 16.6 Å². The van der Waals surface area contributed by atoms with Gasteiger partial charge in [-0.25, -0.2) is 9.97 Å². The van der Waals surface area contributed by atoms with Gasteiger partial charge in [0.05, 0.1) is 9.26 Å². The monoisotopic (exact) mass is 401 g/mol. The molecule has 0 aliphatic rings. The number of anilines is 1. The molecular weight excluding hydrogens is 385 g/mol. The number of nitrogens with zero attached hydrogens (tertiary/aromatic N) is 2. The number of benzene rings is 1. The van der Waals surface area contributed by atoms with E-state index in [0.29, 0.717) is 0 Å². The summed E-state index contributed by atoms with van der Waals surface area (Å²) in [6.07, 6.45) is 2.03. The molecule has 2 aromatic rings. The first kappa shape index (κ1) is 15.5. The zero-order valence-electron chi connectivity index (χ0n) is 11.6. The van der Waals surface area contributed by atoms with Crippen LogP contribution in [0, 0.1) is 3.57 Å². The SMILES string of the molecule is CCCc1nc(-c2ccc(Cl)cc2)nc(NCC)c1I. The zero-order valence-corrected chi connectivity index (χ0v) is 14.5. The first-order chi connectivity index (χ1) is 9.65. The van der Waals surface area contributed by atoms with Crippen molar-refractivity contribution in [3.05, 3.63) is 38.6 Å². The van der Waals surface area contributed by atoms with Gasteiger partial charge in [-0.2, -0.15) is 0 Å². The normalized spacial score (nSPS) is 10.6. The molecule has 0 saturated carbocycles. The standard InChI is InChI=1S/C15H17ClIN3/c1-3-5-12-13(17)15(18-4-2)20-14(19-12)10-6-8-11(16)9-7-10/h6-9H,3-5H2,1-2H3,(H,18,19,20). The van der Waals surface area contributed by atoms with Crippen LogP contribution in [0.1, 0.15) is 26.0 Å². The van der Waals surface area contributed by atoms with Crippen LogP contribution >= 0.6 is 34.2 Å². The zero-order chi connectivity index (χ0) is 14.5. The van der Waals surface area contributed by atoms with Gasteiger partial charge >= 0.3 is 0 Å². The van der Waals surface area contributed by atoms with E-state index in [1.54, 1.807) is 0 Å². The van der Waals surface area contributed by atoms with Crippen LogP contribution in [0.25, 0.3) is 11.4 Å². The average Bonchev–Trinajstić information content (AvgIpc) is 2.44. The first-order valence-corrected chi connectivity index (χ1v) is 8.17. The van der Waals surface area contributed by atoms with Gasteiger partial charge in [-0.3, -0.25) is 0 Å². The Morgan fingerprint density at radius 3 is 2.45 bits per heavy atom. The van der Waals surface area contributed by atoms with Crippen LogP contribution < -0.4 is 5.32 Å². The summed E-state index contributed by atoms with van der Waals surface area (Å²) in [5.74, 6) is 1.66. The molecule has 1 heterocycles. The lowest BCUT2D eigenvalue weighted by atomic mass is 10.2. The predicted molar refractivity (Wildman–Crippen MR) is 93.4 cm³/mol. The Hall–Kier alpha value is -0.880. The second-order valence-corrected chi connectivity index (χ2v) is 5.96. The molecule has 3 nitrogen and oxygen atoms in total. The van der Waals surface area contributed by atoms with Gasteiger partial charge in [-0.1, -0.05) is 24.9 Å². The van der Waals surface area contributed by atoms with Crippen LogP contribution in [0.5, 0.6) is 0 Å². The summed E-state index contributed by atoms with van der Waals surface area (Å²) in [5, 5.41) is 4.03. The maximum Gasteiger partial charge on any atom is 0.161 e. The van der Waals surface area contributed by atoms with Crippen molar-refractivity contribution in [2.24, 2.45) is 0 Å². The van der Waals surface area contributed by atoms with E-state index in [2.05, 4.69) is 46.7 Å². The Kier molecular flexibility index (Phi) is 5.60. The maximum atomic E-state index is 5.93. The molecule has 5 heteroatoms. The van der Waals surface area contributed by atoms with Crippen LogP contribution in [0.15, 0.2) is 24.3 Å². The predicted octanol–water partition coefficient (Wildman–Crippen LogP) is 4.79. The second-order valence-electron chi connectivity index (χ2n) is 4.44. The fraction of sp³-hybridized carbons (Fsp3) is 0.333. The first-order valence-electron chi connectivity index (χ1n) is 6.72. The van der Waals surface area contributed by atoms with Crippen molar-refractivity contribution in [1.82, 2.24) is 9.97 Å². The van der Waals surface area contributed by atoms with E-state index in [0.717, 1.165) is 50.9 Å². The largest absolute Gasteiger partial charge is 0.369 e. The van der Waals surface area contributed by atoms with Crippen LogP contribution in [0.3, 0.4) is 0 Å². The highest BCUT2D eigenvalue weighted by Gasteiger charge is 2.12. The van der Waals surface area contributed by atoms with Crippen molar-refractivity contribution in [2.45, 2.75) is 26.7 Å². The second kappa shape index (κ2) is 7.22. The van der Waals surface area contributed by atoms with Crippen molar-refractivity contribution in [2.75, 3.05) is 11.9 Å². The Labute approximate surface area is 138 Å². The quantitative estimate of drug-likeness (QED) is 0.732. The maximum absolute atomic E-state index is 5.93. The van der Waals surface area contributed by atoms with E-state index in [9.17, 15) is 0 Å². The number of nitrogens with one attached hydrogen (secondary N) is 1. The molecule has 2 rings (SSSR count). The van der Waals surface area contributed by atoms with Gasteiger partial charge in [-0.05, 0) is 60.2 Å². The van der Waals surface area contributed by atoms with Gasteiger partial charge in [0.1, 0.15) is 5.82 Å². The minimum Gasteiger partial charge on any atom is -0.369 e. The van der Waals surface area contributed by atoms with Crippen LogP contribution in [-0.4, -0.2) is 16.5 Å². The summed E-state index contributed by atoms with van der Waals surface area (Å²) in [7, 11) is 0. The van der Waals surface area contributed by atoms with E-state index in [1.807, 2.05) is 24.3 Å². The number of aryl methyl sites for hydroxylation is 1. The molecule has 1 aromatic carbocycles. The molecular formula is C15H17ClIN3. The number of hydrogen-bond acceptors (Lipinski definition) is 3. The van der Waals surface area contributed by atoms with Gasteiger partial charge in [0.15, 0.2) is 5.82 Å². The van der Waals surface area contributed by atoms with E-state index < -0.39 is 0 Å². The summed E-state index contributed by atoms with van der Waals surface area (Å²) in [6.45, 7) is 5.07. The van der Waals surface area contributed by atoms with Crippen LogP contribution in [0.4, 0.5) is 5.82 Å². The molecule has 1 N–H and O–H groups in total. The number of hydrogen-bond donors (Lipinski definition) is 1. The highest BCUT2D eigenvalue weighted by Crippen LogP contribution is 2.25. The molecule has 0 bridgehead atoms. The van der Waals surface area contributed by atoms with Gasteiger partial charge in [0, 0.05) is 17.1 Å². The van der Waals surface area contributed by atoms with Gasteiger partial charge in [0.25, 0.3) is 0 Å². The van der Waals surface area contributed by atoms with E-state index >= 15 is 0 Å². The molecule has 0 aliphatic heterocycles. The molecule has 20 heavy (non-hydrogen) atoms. The van der Waals surface area contributed by atoms with Crippen molar-refractivity contribution < 1.29 is 0 Å². The molecule has 0 radical (unpaired) electrons. The Bertz CT molecular complexity index is 557. The van der Waals surface area contributed by atoms with Crippen molar-refractivity contribution in [1.29, 1.82) is 0 Å². The summed E-state index contributed by atoms with van der Waals surface area (Å²) < 4.78 is 1.11. The Morgan fingerprint density at radius 1 is 1.15 bits per heavy atom.